The molecule has 0 saturated heterocycles. The SMILES string of the molecule is O=C1c2cc3cc4c(ccc5cc6cc7cc8ccccc8cc7cc6cc54)cc3cc2C=C(O)C1(O)O. The van der Waals surface area contributed by atoms with E-state index in [9.17, 15) is 20.1 Å². The summed E-state index contributed by atoms with van der Waals surface area (Å²) in [5, 5.41) is 43.3. The van der Waals surface area contributed by atoms with Crippen molar-refractivity contribution in [2.45, 2.75) is 5.79 Å². The number of benzene rings is 7. The van der Waals surface area contributed by atoms with E-state index in [2.05, 4.69) is 84.9 Å². The van der Waals surface area contributed by atoms with Gasteiger partial charge >= 0.3 is 0 Å². The molecule has 0 fully saturated rings. The van der Waals surface area contributed by atoms with Crippen molar-refractivity contribution < 1.29 is 20.1 Å². The quantitative estimate of drug-likeness (QED) is 0.117. The minimum Gasteiger partial charge on any atom is -0.506 e. The van der Waals surface area contributed by atoms with Crippen molar-refractivity contribution in [2.24, 2.45) is 0 Å². The van der Waals surface area contributed by atoms with Crippen LogP contribution in [0.15, 0.2) is 103 Å². The van der Waals surface area contributed by atoms with Crippen LogP contribution >= 0.6 is 0 Å². The van der Waals surface area contributed by atoms with Gasteiger partial charge in [-0.3, -0.25) is 4.79 Å². The molecule has 0 saturated carbocycles. The van der Waals surface area contributed by atoms with Gasteiger partial charge in [0.15, 0.2) is 5.76 Å². The fourth-order valence-corrected chi connectivity index (χ4v) is 5.94. The molecule has 0 atom stereocenters. The van der Waals surface area contributed by atoms with Crippen LogP contribution in [0.4, 0.5) is 0 Å². The van der Waals surface area contributed by atoms with Crippen LogP contribution in [-0.4, -0.2) is 26.9 Å². The summed E-state index contributed by atoms with van der Waals surface area (Å²) in [7, 11) is 0. The van der Waals surface area contributed by atoms with Gasteiger partial charge in [-0.25, -0.2) is 0 Å². The Bertz CT molecular complexity index is 2240. The lowest BCUT2D eigenvalue weighted by atomic mass is 9.87. The number of aliphatic hydroxyl groups excluding tert-OH is 1. The second-order valence-electron chi connectivity index (χ2n) is 10.3. The highest BCUT2D eigenvalue weighted by Crippen LogP contribution is 2.37. The van der Waals surface area contributed by atoms with Crippen molar-refractivity contribution in [3.05, 3.63) is 114 Å². The minimum absolute atomic E-state index is 0.170. The molecule has 4 heteroatoms. The van der Waals surface area contributed by atoms with Crippen LogP contribution in [0.3, 0.4) is 0 Å². The van der Waals surface area contributed by atoms with Crippen LogP contribution in [0.5, 0.6) is 0 Å². The number of rotatable bonds is 0. The van der Waals surface area contributed by atoms with E-state index in [1.807, 2.05) is 0 Å². The van der Waals surface area contributed by atoms with Gasteiger partial charge in [0.25, 0.3) is 5.79 Å². The first kappa shape index (κ1) is 21.3. The molecule has 0 spiro atoms. The minimum atomic E-state index is -2.91. The summed E-state index contributed by atoms with van der Waals surface area (Å²) in [6, 6.07) is 33.6. The van der Waals surface area contributed by atoms with E-state index in [1.165, 1.54) is 33.0 Å². The molecule has 7 aromatic rings. The van der Waals surface area contributed by atoms with E-state index in [-0.39, 0.29) is 5.56 Å². The maximum absolute atomic E-state index is 12.7. The molecule has 1 aliphatic rings. The molecule has 8 rings (SSSR count). The van der Waals surface area contributed by atoms with E-state index in [0.717, 1.165) is 37.7 Å². The smallest absolute Gasteiger partial charge is 0.288 e. The van der Waals surface area contributed by atoms with E-state index >= 15 is 0 Å². The average molecular weight is 493 g/mol. The van der Waals surface area contributed by atoms with Gasteiger partial charge in [-0.15, -0.1) is 0 Å². The van der Waals surface area contributed by atoms with Crippen LogP contribution in [0.25, 0.3) is 70.7 Å². The molecule has 180 valence electrons. The Morgan fingerprint density at radius 3 is 1.53 bits per heavy atom. The van der Waals surface area contributed by atoms with Gasteiger partial charge in [0.05, 0.1) is 0 Å². The lowest BCUT2D eigenvalue weighted by Gasteiger charge is -2.25. The molecular weight excluding hydrogens is 472 g/mol. The van der Waals surface area contributed by atoms with E-state index in [0.29, 0.717) is 5.56 Å². The molecule has 0 aromatic heterocycles. The van der Waals surface area contributed by atoms with Gasteiger partial charge in [0.1, 0.15) is 0 Å². The van der Waals surface area contributed by atoms with Gasteiger partial charge in [0.2, 0.25) is 5.78 Å². The number of hydrogen-bond acceptors (Lipinski definition) is 4. The van der Waals surface area contributed by atoms with Crippen LogP contribution < -0.4 is 0 Å². The highest BCUT2D eigenvalue weighted by Gasteiger charge is 2.42. The van der Waals surface area contributed by atoms with Gasteiger partial charge in [-0.05, 0) is 137 Å². The van der Waals surface area contributed by atoms with Crippen molar-refractivity contribution in [3.63, 3.8) is 0 Å². The number of Topliss-reactive ketones (excluding diaryl/α,β-unsaturated/α-hetero) is 1. The van der Waals surface area contributed by atoms with Crippen LogP contribution in [0, 0.1) is 0 Å². The summed E-state index contributed by atoms with van der Waals surface area (Å²) in [6.07, 6.45) is 1.24. The summed E-state index contributed by atoms with van der Waals surface area (Å²) in [6.45, 7) is 0. The summed E-state index contributed by atoms with van der Waals surface area (Å²) in [5.41, 5.74) is 0.633. The fraction of sp³-hybridized carbons (Fsp3) is 0.0294. The first-order valence-electron chi connectivity index (χ1n) is 12.5. The molecule has 4 nitrogen and oxygen atoms in total. The molecule has 7 aromatic carbocycles. The predicted octanol–water partition coefficient (Wildman–Crippen LogP) is 7.38. The number of aliphatic hydroxyl groups is 3. The van der Waals surface area contributed by atoms with Gasteiger partial charge in [0, 0.05) is 5.56 Å². The molecule has 38 heavy (non-hydrogen) atoms. The summed E-state index contributed by atoms with van der Waals surface area (Å²) in [4.78, 5) is 12.7. The number of carbonyl (C=O) groups is 1. The highest BCUT2D eigenvalue weighted by molar-refractivity contribution is 6.18. The van der Waals surface area contributed by atoms with Crippen molar-refractivity contribution >= 4 is 76.5 Å². The Hall–Kier alpha value is -4.77. The van der Waals surface area contributed by atoms with E-state index in [1.54, 1.807) is 12.1 Å². The van der Waals surface area contributed by atoms with Gasteiger partial charge < -0.3 is 15.3 Å². The fourth-order valence-electron chi connectivity index (χ4n) is 5.94. The predicted molar refractivity (Wildman–Crippen MR) is 154 cm³/mol. The Morgan fingerprint density at radius 1 is 0.500 bits per heavy atom. The molecule has 1 aliphatic carbocycles. The zero-order chi connectivity index (χ0) is 25.8. The van der Waals surface area contributed by atoms with Gasteiger partial charge in [-0.1, -0.05) is 36.4 Å². The van der Waals surface area contributed by atoms with Crippen LogP contribution in [0.1, 0.15) is 15.9 Å². The van der Waals surface area contributed by atoms with Crippen LogP contribution in [0.2, 0.25) is 0 Å². The first-order valence-corrected chi connectivity index (χ1v) is 12.5. The number of hydrogen-bond donors (Lipinski definition) is 3. The zero-order valence-corrected chi connectivity index (χ0v) is 20.1. The summed E-state index contributed by atoms with van der Waals surface area (Å²) in [5.74, 6) is -4.61. The number of ketones is 1. The highest BCUT2D eigenvalue weighted by atomic mass is 16.5. The molecule has 0 amide bonds. The third kappa shape index (κ3) is 2.90. The maximum Gasteiger partial charge on any atom is 0.288 e. The normalized spacial score (nSPS) is 15.1. The summed E-state index contributed by atoms with van der Waals surface area (Å²) < 4.78 is 0. The van der Waals surface area contributed by atoms with Crippen molar-refractivity contribution in [1.82, 2.24) is 0 Å². The maximum atomic E-state index is 12.7. The second-order valence-corrected chi connectivity index (χ2v) is 10.3. The molecule has 0 aliphatic heterocycles. The third-order valence-electron chi connectivity index (χ3n) is 7.95. The number of fused-ring (bicyclic) bond motifs is 8. The lowest BCUT2D eigenvalue weighted by Crippen LogP contribution is -2.42. The lowest BCUT2D eigenvalue weighted by molar-refractivity contribution is -0.114. The largest absolute Gasteiger partial charge is 0.506 e. The average Bonchev–Trinajstić information content (AvgIpc) is 2.91. The van der Waals surface area contributed by atoms with Crippen molar-refractivity contribution in [3.8, 4) is 0 Å². The summed E-state index contributed by atoms with van der Waals surface area (Å²) >= 11 is 0. The molecular formula is C34H20O4. The molecule has 0 unspecified atom stereocenters. The van der Waals surface area contributed by atoms with E-state index in [4.69, 9.17) is 0 Å². The first-order chi connectivity index (χ1) is 18.3. The Labute approximate surface area is 216 Å². The van der Waals surface area contributed by atoms with Crippen LogP contribution in [-0.2, 0) is 0 Å². The Morgan fingerprint density at radius 2 is 0.947 bits per heavy atom. The Kier molecular flexibility index (Phi) is 4.02. The molecule has 0 bridgehead atoms. The third-order valence-corrected chi connectivity index (χ3v) is 7.95. The second kappa shape index (κ2) is 7.17. The monoisotopic (exact) mass is 492 g/mol. The van der Waals surface area contributed by atoms with Crippen molar-refractivity contribution in [1.29, 1.82) is 0 Å². The Balaban J connectivity index is 1.39. The molecule has 0 radical (unpaired) electrons. The zero-order valence-electron chi connectivity index (χ0n) is 20.1. The van der Waals surface area contributed by atoms with Crippen molar-refractivity contribution in [2.75, 3.05) is 0 Å². The molecule has 3 N–H and O–H groups in total. The standard InChI is InChI=1S/C34H20O4/c35-32-17-28-13-25-10-21-6-5-20-9-24-11-22-7-18-3-1-2-4-19(18)8-23(22)12-26(24)14-29(20)30(21)15-27(25)16-31(28)33(36)34(32,37)38/h1-17,35,37-38H. The van der Waals surface area contributed by atoms with E-state index < -0.39 is 17.3 Å². The van der Waals surface area contributed by atoms with Gasteiger partial charge in [-0.2, -0.15) is 0 Å². The molecule has 0 heterocycles. The topological polar surface area (TPSA) is 77.8 Å². The number of carbonyl (C=O) groups excluding carboxylic acids is 1.